The fourth-order valence-corrected chi connectivity index (χ4v) is 6.70. The Balaban J connectivity index is 1.45. The Morgan fingerprint density at radius 3 is 2.03 bits per heavy atom. The summed E-state index contributed by atoms with van der Waals surface area (Å²) in [6.07, 6.45) is 19.6. The molecule has 2 aliphatic rings. The summed E-state index contributed by atoms with van der Waals surface area (Å²) in [5.74, 6) is 2.10. The fraction of sp³-hybridized carbons (Fsp3) is 0.806. The van der Waals surface area contributed by atoms with Gasteiger partial charge in [0.2, 0.25) is 5.82 Å². The summed E-state index contributed by atoms with van der Waals surface area (Å²) in [6, 6.07) is 3.45. The lowest BCUT2D eigenvalue weighted by Gasteiger charge is -2.39. The molecule has 0 radical (unpaired) electrons. The molecule has 0 saturated heterocycles. The maximum atomic E-state index is 14.9. The van der Waals surface area contributed by atoms with Gasteiger partial charge in [-0.2, -0.15) is 4.39 Å². The van der Waals surface area contributed by atoms with Crippen LogP contribution < -0.4 is 4.74 Å². The molecule has 0 amide bonds. The third kappa shape index (κ3) is 7.69. The molecule has 0 aromatic heterocycles. The van der Waals surface area contributed by atoms with E-state index in [0.29, 0.717) is 12.2 Å². The lowest BCUT2D eigenvalue weighted by atomic mass is 9.66. The van der Waals surface area contributed by atoms with Crippen molar-refractivity contribution in [3.8, 4) is 5.75 Å². The predicted molar refractivity (Wildman–Crippen MR) is 139 cm³/mol. The van der Waals surface area contributed by atoms with Crippen molar-refractivity contribution >= 4 is 0 Å². The molecule has 1 aromatic carbocycles. The van der Waals surface area contributed by atoms with Crippen molar-refractivity contribution in [3.05, 3.63) is 29.3 Å². The van der Waals surface area contributed by atoms with Gasteiger partial charge in [0.15, 0.2) is 11.6 Å². The van der Waals surface area contributed by atoms with E-state index in [1.54, 1.807) is 12.1 Å². The number of hydrogen-bond acceptors (Lipinski definition) is 1. The van der Waals surface area contributed by atoms with E-state index in [9.17, 15) is 8.78 Å². The van der Waals surface area contributed by atoms with E-state index in [4.69, 9.17) is 4.74 Å². The zero-order valence-electron chi connectivity index (χ0n) is 22.2. The quantitative estimate of drug-likeness (QED) is 0.257. The van der Waals surface area contributed by atoms with Gasteiger partial charge in [0.05, 0.1) is 6.61 Å². The SMILES string of the molecule is CCCCCCCOc1ccc([C@H]2CC[C@H](C(C)C3CCC(CCCC)CC3)CC2)c(F)c1F. The van der Waals surface area contributed by atoms with Crippen LogP contribution in [0, 0.1) is 35.3 Å². The Labute approximate surface area is 208 Å². The van der Waals surface area contributed by atoms with Gasteiger partial charge in [-0.3, -0.25) is 0 Å². The van der Waals surface area contributed by atoms with Crippen LogP contribution in [0.5, 0.6) is 5.75 Å². The van der Waals surface area contributed by atoms with Crippen LogP contribution in [-0.4, -0.2) is 6.61 Å². The number of rotatable bonds is 13. The van der Waals surface area contributed by atoms with Crippen molar-refractivity contribution in [1.29, 1.82) is 0 Å². The van der Waals surface area contributed by atoms with Crippen LogP contribution in [0.2, 0.25) is 0 Å². The summed E-state index contributed by atoms with van der Waals surface area (Å²) >= 11 is 0. The fourth-order valence-electron chi connectivity index (χ4n) is 6.70. The molecule has 1 aromatic rings. The van der Waals surface area contributed by atoms with Crippen molar-refractivity contribution in [3.63, 3.8) is 0 Å². The van der Waals surface area contributed by atoms with Crippen LogP contribution in [0.1, 0.15) is 135 Å². The number of benzene rings is 1. The molecular formula is C31H50F2O. The molecule has 194 valence electrons. The van der Waals surface area contributed by atoms with E-state index in [1.807, 2.05) is 0 Å². The largest absolute Gasteiger partial charge is 0.490 e. The molecule has 0 aliphatic heterocycles. The monoisotopic (exact) mass is 476 g/mol. The molecule has 3 heteroatoms. The zero-order valence-corrected chi connectivity index (χ0v) is 22.2. The summed E-state index contributed by atoms with van der Waals surface area (Å²) in [6.45, 7) is 7.41. The Hall–Kier alpha value is -1.12. The highest BCUT2D eigenvalue weighted by Crippen LogP contribution is 2.45. The lowest BCUT2D eigenvalue weighted by Crippen LogP contribution is -2.28. The van der Waals surface area contributed by atoms with Crippen LogP contribution in [0.25, 0.3) is 0 Å². The normalized spacial score (nSPS) is 26.4. The topological polar surface area (TPSA) is 9.23 Å². The minimum Gasteiger partial charge on any atom is -0.490 e. The first kappa shape index (κ1) is 27.5. The average Bonchev–Trinajstić information content (AvgIpc) is 2.87. The van der Waals surface area contributed by atoms with E-state index in [-0.39, 0.29) is 11.7 Å². The zero-order chi connectivity index (χ0) is 24.3. The van der Waals surface area contributed by atoms with Gasteiger partial charge in [-0.1, -0.05) is 84.6 Å². The number of hydrogen-bond donors (Lipinski definition) is 0. The minimum absolute atomic E-state index is 0.0774. The molecule has 0 N–H and O–H groups in total. The third-order valence-corrected chi connectivity index (χ3v) is 9.14. The third-order valence-electron chi connectivity index (χ3n) is 9.14. The van der Waals surface area contributed by atoms with Crippen molar-refractivity contribution < 1.29 is 13.5 Å². The lowest BCUT2D eigenvalue weighted by molar-refractivity contribution is 0.131. The van der Waals surface area contributed by atoms with Crippen molar-refractivity contribution in [2.24, 2.45) is 23.7 Å². The highest BCUT2D eigenvalue weighted by atomic mass is 19.2. The molecule has 0 spiro atoms. The second-order valence-electron chi connectivity index (χ2n) is 11.4. The van der Waals surface area contributed by atoms with Gasteiger partial charge in [-0.15, -0.1) is 0 Å². The molecule has 1 atom stereocenters. The van der Waals surface area contributed by atoms with Crippen LogP contribution >= 0.6 is 0 Å². The Bertz CT molecular complexity index is 702. The Morgan fingerprint density at radius 1 is 0.765 bits per heavy atom. The summed E-state index contributed by atoms with van der Waals surface area (Å²) in [7, 11) is 0. The van der Waals surface area contributed by atoms with Gasteiger partial charge in [0.25, 0.3) is 0 Å². The van der Waals surface area contributed by atoms with Crippen LogP contribution in [0.3, 0.4) is 0 Å². The van der Waals surface area contributed by atoms with Gasteiger partial charge in [0, 0.05) is 0 Å². The molecule has 2 saturated carbocycles. The maximum Gasteiger partial charge on any atom is 0.200 e. The Morgan fingerprint density at radius 2 is 1.38 bits per heavy atom. The second-order valence-corrected chi connectivity index (χ2v) is 11.4. The molecule has 1 nitrogen and oxygen atoms in total. The number of ether oxygens (including phenoxy) is 1. The van der Waals surface area contributed by atoms with E-state index >= 15 is 0 Å². The summed E-state index contributed by atoms with van der Waals surface area (Å²) in [5, 5.41) is 0. The van der Waals surface area contributed by atoms with Crippen molar-refractivity contribution in [1.82, 2.24) is 0 Å². The molecule has 0 heterocycles. The van der Waals surface area contributed by atoms with Gasteiger partial charge < -0.3 is 4.74 Å². The maximum absolute atomic E-state index is 14.9. The molecule has 1 unspecified atom stereocenters. The van der Waals surface area contributed by atoms with E-state index < -0.39 is 11.6 Å². The minimum atomic E-state index is -0.790. The second kappa shape index (κ2) is 14.4. The molecule has 3 rings (SSSR count). The molecule has 2 fully saturated rings. The summed E-state index contributed by atoms with van der Waals surface area (Å²) in [5.41, 5.74) is 0.565. The van der Waals surface area contributed by atoms with Crippen LogP contribution in [0.15, 0.2) is 12.1 Å². The van der Waals surface area contributed by atoms with Gasteiger partial charge in [-0.25, -0.2) is 4.39 Å². The van der Waals surface area contributed by atoms with Gasteiger partial charge in [-0.05, 0) is 86.2 Å². The molecular weight excluding hydrogens is 426 g/mol. The van der Waals surface area contributed by atoms with E-state index in [0.717, 1.165) is 62.2 Å². The number of unbranched alkanes of at least 4 members (excludes halogenated alkanes) is 5. The van der Waals surface area contributed by atoms with Crippen LogP contribution in [-0.2, 0) is 0 Å². The highest BCUT2D eigenvalue weighted by Gasteiger charge is 2.33. The number of halogens is 2. The van der Waals surface area contributed by atoms with Gasteiger partial charge in [0.1, 0.15) is 0 Å². The van der Waals surface area contributed by atoms with E-state index in [1.165, 1.54) is 64.2 Å². The van der Waals surface area contributed by atoms with Crippen LogP contribution in [0.4, 0.5) is 8.78 Å². The summed E-state index contributed by atoms with van der Waals surface area (Å²) < 4.78 is 35.2. The average molecular weight is 477 g/mol. The molecule has 2 aliphatic carbocycles. The predicted octanol–water partition coefficient (Wildman–Crippen LogP) is 10.2. The smallest absolute Gasteiger partial charge is 0.200 e. The molecule has 34 heavy (non-hydrogen) atoms. The standard InChI is InChI=1S/C31H50F2O/c1-4-6-8-9-10-22-34-29-21-20-28(30(32)31(29)33)27-18-16-26(17-19-27)23(3)25-14-12-24(13-15-25)11-7-5-2/h20-21,23-27H,4-19,22H2,1-3H3/t23?,24?,25?,26-,27-. The summed E-state index contributed by atoms with van der Waals surface area (Å²) in [4.78, 5) is 0. The first-order chi connectivity index (χ1) is 16.5. The first-order valence-electron chi connectivity index (χ1n) is 14.7. The van der Waals surface area contributed by atoms with Crippen molar-refractivity contribution in [2.45, 2.75) is 129 Å². The van der Waals surface area contributed by atoms with E-state index in [2.05, 4.69) is 20.8 Å². The van der Waals surface area contributed by atoms with Crippen molar-refractivity contribution in [2.75, 3.05) is 6.61 Å². The molecule has 0 bridgehead atoms. The highest BCUT2D eigenvalue weighted by molar-refractivity contribution is 5.33. The first-order valence-corrected chi connectivity index (χ1v) is 14.7. The Kier molecular flexibility index (Phi) is 11.7. The van der Waals surface area contributed by atoms with Gasteiger partial charge >= 0.3 is 0 Å².